The van der Waals surface area contributed by atoms with E-state index < -0.39 is 11.9 Å². The third-order valence-corrected chi connectivity index (χ3v) is 6.98. The van der Waals surface area contributed by atoms with Crippen LogP contribution in [0.3, 0.4) is 0 Å². The van der Waals surface area contributed by atoms with Gasteiger partial charge >= 0.3 is 6.09 Å². The lowest BCUT2D eigenvalue weighted by Gasteiger charge is -2.15. The van der Waals surface area contributed by atoms with Gasteiger partial charge in [0, 0.05) is 23.0 Å². The molecule has 196 valence electrons. The van der Waals surface area contributed by atoms with E-state index in [1.165, 1.54) is 30.4 Å². The first-order valence-electron chi connectivity index (χ1n) is 11.9. The predicted octanol–water partition coefficient (Wildman–Crippen LogP) is 4.33. The molecule has 5 aromatic rings. The summed E-state index contributed by atoms with van der Waals surface area (Å²) in [6, 6.07) is 11.8. The molecule has 3 aromatic heterocycles. The van der Waals surface area contributed by atoms with Gasteiger partial charge in [-0.15, -0.1) is 5.10 Å². The normalized spacial score (nSPS) is 14.3. The molecule has 0 radical (unpaired) electrons. The van der Waals surface area contributed by atoms with E-state index in [1.807, 2.05) is 24.4 Å². The number of nitrogens with zero attached hydrogens (tertiary/aromatic N) is 7. The highest BCUT2D eigenvalue weighted by molar-refractivity contribution is 6.31. The van der Waals surface area contributed by atoms with E-state index in [4.69, 9.17) is 11.6 Å². The number of pyridine rings is 1. The molecular formula is C26H20ClFN8O3. The van der Waals surface area contributed by atoms with Crippen LogP contribution < -0.4 is 10.0 Å². The van der Waals surface area contributed by atoms with E-state index in [1.54, 1.807) is 29.1 Å². The Balaban J connectivity index is 1.32. The fourth-order valence-corrected chi connectivity index (χ4v) is 5.03. The number of nitrogens with one attached hydrogen (secondary N) is 1. The van der Waals surface area contributed by atoms with Gasteiger partial charge in [0.1, 0.15) is 12.4 Å². The van der Waals surface area contributed by atoms with Crippen molar-refractivity contribution in [3.63, 3.8) is 0 Å². The molecule has 0 fully saturated rings. The number of halogens is 2. The molecule has 13 heteroatoms. The van der Waals surface area contributed by atoms with E-state index in [2.05, 4.69) is 30.7 Å². The first-order valence-corrected chi connectivity index (χ1v) is 12.3. The fourth-order valence-electron chi connectivity index (χ4n) is 4.87. The number of carbonyl (C=O) groups is 1. The lowest BCUT2D eigenvalue weighted by molar-refractivity contribution is -0.615. The molecule has 6 rings (SSSR count). The van der Waals surface area contributed by atoms with Crippen LogP contribution in [0.25, 0.3) is 27.9 Å². The van der Waals surface area contributed by atoms with Crippen LogP contribution in [0.5, 0.6) is 0 Å². The average molecular weight is 547 g/mol. The summed E-state index contributed by atoms with van der Waals surface area (Å²) < 4.78 is 23.7. The van der Waals surface area contributed by atoms with Crippen LogP contribution in [0.1, 0.15) is 23.7 Å². The molecule has 0 spiro atoms. The van der Waals surface area contributed by atoms with Crippen LogP contribution in [0, 0.1) is 11.0 Å². The summed E-state index contributed by atoms with van der Waals surface area (Å²) in [4.78, 5) is 11.4. The number of aryl methyl sites for hydroxylation is 1. The molecule has 1 amide bonds. The zero-order valence-corrected chi connectivity index (χ0v) is 21.2. The highest BCUT2D eigenvalue weighted by Gasteiger charge is 2.34. The minimum Gasteiger partial charge on any atom is -0.618 e. The monoisotopic (exact) mass is 546 g/mol. The topological polar surface area (TPSA) is 127 Å². The van der Waals surface area contributed by atoms with Crippen molar-refractivity contribution in [1.29, 1.82) is 0 Å². The van der Waals surface area contributed by atoms with Crippen LogP contribution in [0.4, 0.5) is 14.9 Å². The zero-order valence-electron chi connectivity index (χ0n) is 20.5. The molecule has 1 aliphatic carbocycles. The molecule has 1 aliphatic rings. The lowest BCUT2D eigenvalue weighted by atomic mass is 10.0. The highest BCUT2D eigenvalue weighted by Crippen LogP contribution is 2.38. The Morgan fingerprint density at radius 3 is 2.77 bits per heavy atom. The fraction of sp³-hybridized carbons (Fsp3) is 0.154. The molecule has 11 nitrogen and oxygen atoms in total. The van der Waals surface area contributed by atoms with E-state index in [-0.39, 0.29) is 16.6 Å². The first-order chi connectivity index (χ1) is 18.9. The molecule has 1 atom stereocenters. The van der Waals surface area contributed by atoms with Gasteiger partial charge in [0.2, 0.25) is 5.69 Å². The number of benzene rings is 2. The third-order valence-electron chi connectivity index (χ3n) is 6.68. The summed E-state index contributed by atoms with van der Waals surface area (Å²) in [5.41, 5.74) is 4.57. The summed E-state index contributed by atoms with van der Waals surface area (Å²) in [6.07, 6.45) is 7.02. The van der Waals surface area contributed by atoms with Crippen molar-refractivity contribution >= 4 is 23.4 Å². The van der Waals surface area contributed by atoms with Gasteiger partial charge in [-0.25, -0.2) is 9.18 Å². The summed E-state index contributed by atoms with van der Waals surface area (Å²) in [7, 11) is 1.30. The van der Waals surface area contributed by atoms with Gasteiger partial charge in [0.25, 0.3) is 0 Å². The molecule has 3 heterocycles. The quantitative estimate of drug-likeness (QED) is 0.257. The number of hydrogen-bond donors (Lipinski definition) is 1. The summed E-state index contributed by atoms with van der Waals surface area (Å²) in [6.45, 7) is 0. The van der Waals surface area contributed by atoms with Gasteiger partial charge in [-0.05, 0) is 59.2 Å². The van der Waals surface area contributed by atoms with Crippen molar-refractivity contribution in [3.8, 4) is 27.9 Å². The molecule has 0 saturated carbocycles. The highest BCUT2D eigenvalue weighted by atomic mass is 35.5. The van der Waals surface area contributed by atoms with E-state index >= 15 is 4.39 Å². The van der Waals surface area contributed by atoms with Gasteiger partial charge in [0.15, 0.2) is 12.0 Å². The molecule has 0 bridgehead atoms. The van der Waals surface area contributed by atoms with Gasteiger partial charge in [-0.3, -0.25) is 10.00 Å². The number of aromatic nitrogens is 7. The summed E-state index contributed by atoms with van der Waals surface area (Å²) in [5, 5.41) is 31.5. The molecular weight excluding hydrogens is 527 g/mol. The van der Waals surface area contributed by atoms with E-state index in [0.717, 1.165) is 21.4 Å². The minimum absolute atomic E-state index is 0.0733. The Bertz CT molecular complexity index is 1690. The van der Waals surface area contributed by atoms with Gasteiger partial charge in [-0.2, -0.15) is 14.5 Å². The summed E-state index contributed by atoms with van der Waals surface area (Å²) in [5.74, 6) is -0.663. The van der Waals surface area contributed by atoms with Crippen molar-refractivity contribution in [1.82, 2.24) is 30.0 Å². The standard InChI is InChI=1S/C26H20ClFN8O3/c1-39-26(37)31-19-5-2-15(3-6-19)18-11-30-34(12-18)22-8-4-16-10-17(13-36(38)25(16)22)23-21(35-14-29-32-33-35)9-7-20(27)24(23)28/h2-3,5-7,9-14,22H,4,8H2,1H3,(H,31,37)/t22-/m1/s1. The third kappa shape index (κ3) is 4.44. The van der Waals surface area contributed by atoms with Crippen molar-refractivity contribution < 1.29 is 18.7 Å². The van der Waals surface area contributed by atoms with Crippen molar-refractivity contribution in [3.05, 3.63) is 94.7 Å². The predicted molar refractivity (Wildman–Crippen MR) is 139 cm³/mol. The molecule has 1 N–H and O–H groups in total. The number of tetrazole rings is 1. The molecule has 39 heavy (non-hydrogen) atoms. The first kappa shape index (κ1) is 24.5. The molecule has 0 aliphatic heterocycles. The Kier molecular flexibility index (Phi) is 6.15. The second-order valence-electron chi connectivity index (χ2n) is 8.93. The average Bonchev–Trinajstić information content (AvgIpc) is 3.71. The van der Waals surface area contributed by atoms with Crippen LogP contribution in [0.15, 0.2) is 67.4 Å². The zero-order chi connectivity index (χ0) is 27.1. The molecule has 2 aromatic carbocycles. The number of fused-ring (bicyclic) bond motifs is 1. The van der Waals surface area contributed by atoms with E-state index in [9.17, 15) is 10.0 Å². The van der Waals surface area contributed by atoms with Crippen LogP contribution in [-0.2, 0) is 11.2 Å². The van der Waals surface area contributed by atoms with Crippen molar-refractivity contribution in [2.45, 2.75) is 18.9 Å². The van der Waals surface area contributed by atoms with Crippen LogP contribution in [-0.4, -0.2) is 43.2 Å². The second kappa shape index (κ2) is 9.80. The maximum absolute atomic E-state index is 15.3. The van der Waals surface area contributed by atoms with E-state index in [0.29, 0.717) is 35.5 Å². The summed E-state index contributed by atoms with van der Waals surface area (Å²) >= 11 is 6.09. The molecule has 0 saturated heterocycles. The van der Waals surface area contributed by atoms with Gasteiger partial charge < -0.3 is 9.94 Å². The number of hydrogen-bond acceptors (Lipinski definition) is 7. The van der Waals surface area contributed by atoms with Crippen molar-refractivity contribution in [2.24, 2.45) is 0 Å². The SMILES string of the molecule is COC(=O)Nc1ccc(-c2cnn([C@@H]3CCc4cc(-c5c(-n6cnnn6)ccc(Cl)c5F)c[n+]([O-])c43)c2)cc1. The Morgan fingerprint density at radius 2 is 2.03 bits per heavy atom. The Labute approximate surface area is 226 Å². The van der Waals surface area contributed by atoms with Crippen molar-refractivity contribution in [2.75, 3.05) is 12.4 Å². The maximum Gasteiger partial charge on any atom is 0.411 e. The minimum atomic E-state index is -0.663. The number of rotatable bonds is 5. The van der Waals surface area contributed by atoms with Gasteiger partial charge in [0.05, 0.1) is 35.1 Å². The smallest absolute Gasteiger partial charge is 0.411 e. The van der Waals surface area contributed by atoms with Crippen LogP contribution in [0.2, 0.25) is 5.02 Å². The number of anilines is 1. The largest absolute Gasteiger partial charge is 0.618 e. The number of methoxy groups -OCH3 is 1. The van der Waals surface area contributed by atoms with Crippen LogP contribution >= 0.6 is 11.6 Å². The number of ether oxygens (including phenoxy) is 1. The number of carbonyl (C=O) groups excluding carboxylic acids is 1. The Morgan fingerprint density at radius 1 is 1.21 bits per heavy atom. The maximum atomic E-state index is 15.3. The van der Waals surface area contributed by atoms with Gasteiger partial charge in [-0.1, -0.05) is 23.7 Å². The number of amides is 1. The Hall–Kier alpha value is -4.84. The molecule has 0 unspecified atom stereocenters. The lowest BCUT2D eigenvalue weighted by Crippen LogP contribution is -2.34. The second-order valence-corrected chi connectivity index (χ2v) is 9.34.